The second kappa shape index (κ2) is 23.2. The fourth-order valence-corrected chi connectivity index (χ4v) is 0.784. The molecule has 0 heterocycles. The fourth-order valence-electron chi connectivity index (χ4n) is 0.630. The third kappa shape index (κ3) is 31.9. The number of halogens is 3. The first kappa shape index (κ1) is 19.7. The van der Waals surface area contributed by atoms with Gasteiger partial charge in [0.25, 0.3) is 0 Å². The van der Waals surface area contributed by atoms with E-state index in [0.717, 1.165) is 6.42 Å². The SMILES string of the molecule is CCCCC(Cl)CC.CS.ClCCl. The highest BCUT2D eigenvalue weighted by Gasteiger charge is 1.97. The lowest BCUT2D eigenvalue weighted by molar-refractivity contribution is 0.664. The molecule has 84 valence electrons. The van der Waals surface area contributed by atoms with E-state index in [2.05, 4.69) is 26.5 Å². The summed E-state index contributed by atoms with van der Waals surface area (Å²) in [5.41, 5.74) is 0. The topological polar surface area (TPSA) is 0 Å². The Labute approximate surface area is 104 Å². The van der Waals surface area contributed by atoms with E-state index in [1.807, 2.05) is 0 Å². The Morgan fingerprint density at radius 1 is 1.15 bits per heavy atom. The van der Waals surface area contributed by atoms with Gasteiger partial charge in [0.05, 0.1) is 5.34 Å². The average molecular weight is 268 g/mol. The largest absolute Gasteiger partial charge is 0.183 e. The Balaban J connectivity index is -0.000000169. The van der Waals surface area contributed by atoms with Gasteiger partial charge in [-0.3, -0.25) is 0 Å². The maximum absolute atomic E-state index is 5.84. The molecular weight excluding hydrogens is 247 g/mol. The maximum atomic E-state index is 5.84. The average Bonchev–Trinajstić information content (AvgIpc) is 2.18. The van der Waals surface area contributed by atoms with Crippen molar-refractivity contribution in [3.8, 4) is 0 Å². The number of rotatable bonds is 4. The van der Waals surface area contributed by atoms with Crippen molar-refractivity contribution in [3.05, 3.63) is 0 Å². The van der Waals surface area contributed by atoms with Crippen molar-refractivity contribution in [2.45, 2.75) is 44.9 Å². The van der Waals surface area contributed by atoms with E-state index < -0.39 is 0 Å². The maximum Gasteiger partial charge on any atom is 0.0967 e. The highest BCUT2D eigenvalue weighted by atomic mass is 35.5. The summed E-state index contributed by atoms with van der Waals surface area (Å²) in [5, 5.41) is 0.620. The molecule has 0 N–H and O–H groups in total. The van der Waals surface area contributed by atoms with Gasteiger partial charge in [0.1, 0.15) is 0 Å². The summed E-state index contributed by atoms with van der Waals surface area (Å²) in [6.45, 7) is 4.33. The van der Waals surface area contributed by atoms with Gasteiger partial charge < -0.3 is 0 Å². The van der Waals surface area contributed by atoms with E-state index in [9.17, 15) is 0 Å². The van der Waals surface area contributed by atoms with Crippen molar-refractivity contribution in [1.29, 1.82) is 0 Å². The van der Waals surface area contributed by atoms with Crippen LogP contribution in [0.5, 0.6) is 0 Å². The molecule has 0 amide bonds. The lowest BCUT2D eigenvalue weighted by atomic mass is 10.2. The quantitative estimate of drug-likeness (QED) is 0.528. The molecule has 0 aliphatic heterocycles. The second-order valence-electron chi connectivity index (χ2n) is 2.25. The molecule has 0 bridgehead atoms. The third-order valence-corrected chi connectivity index (χ3v) is 1.84. The number of hydrogen-bond acceptors (Lipinski definition) is 1. The molecule has 13 heavy (non-hydrogen) atoms. The first-order chi connectivity index (χ1) is 6.22. The van der Waals surface area contributed by atoms with Crippen LogP contribution in [-0.2, 0) is 0 Å². The van der Waals surface area contributed by atoms with Crippen molar-refractivity contribution in [1.82, 2.24) is 0 Å². The molecule has 0 aromatic heterocycles. The minimum absolute atomic E-state index is 0.194. The predicted molar refractivity (Wildman–Crippen MR) is 70.9 cm³/mol. The summed E-state index contributed by atoms with van der Waals surface area (Å²) in [6.07, 6.45) is 6.54. The van der Waals surface area contributed by atoms with Gasteiger partial charge >= 0.3 is 0 Å². The summed E-state index contributed by atoms with van der Waals surface area (Å²) in [5.74, 6) is 0. The molecule has 0 radical (unpaired) electrons. The van der Waals surface area contributed by atoms with Crippen molar-refractivity contribution < 1.29 is 0 Å². The summed E-state index contributed by atoms with van der Waals surface area (Å²) < 4.78 is 0. The molecule has 0 rings (SSSR count). The minimum Gasteiger partial charge on any atom is -0.183 e. The summed E-state index contributed by atoms with van der Waals surface area (Å²) in [7, 11) is 0. The Morgan fingerprint density at radius 3 is 1.77 bits per heavy atom. The van der Waals surface area contributed by atoms with Crippen LogP contribution in [0.3, 0.4) is 0 Å². The van der Waals surface area contributed by atoms with Crippen LogP contribution in [0.15, 0.2) is 0 Å². The Hall–Kier alpha value is 1.22. The van der Waals surface area contributed by atoms with Gasteiger partial charge in [-0.1, -0.05) is 26.7 Å². The van der Waals surface area contributed by atoms with Gasteiger partial charge in [0, 0.05) is 5.38 Å². The van der Waals surface area contributed by atoms with E-state index in [1.165, 1.54) is 19.3 Å². The Morgan fingerprint density at radius 2 is 1.54 bits per heavy atom. The van der Waals surface area contributed by atoms with Crippen LogP contribution in [0.2, 0.25) is 0 Å². The molecule has 0 aromatic rings. The molecule has 0 saturated carbocycles. The first-order valence-corrected chi connectivity index (χ1v) is 6.83. The minimum atomic E-state index is 0.194. The standard InChI is InChI=1S/C7H15Cl.CH2Cl2.CH4S/c1-3-5-6-7(8)4-2;2-1-3;1-2/h7H,3-6H2,1-2H3;1H2;2H,1H3. The number of alkyl halides is 3. The van der Waals surface area contributed by atoms with Crippen LogP contribution in [0.1, 0.15) is 39.5 Å². The van der Waals surface area contributed by atoms with Crippen LogP contribution in [0.4, 0.5) is 0 Å². The predicted octanol–water partition coefficient (Wildman–Crippen LogP) is 5.16. The Kier molecular flexibility index (Phi) is 35.3. The summed E-state index contributed by atoms with van der Waals surface area (Å²) in [4.78, 5) is 0. The van der Waals surface area contributed by atoms with Crippen LogP contribution in [-0.4, -0.2) is 17.0 Å². The zero-order valence-electron chi connectivity index (χ0n) is 8.69. The molecule has 1 unspecified atom stereocenters. The normalized spacial score (nSPS) is 10.4. The van der Waals surface area contributed by atoms with Gasteiger partial charge in [-0.25, -0.2) is 0 Å². The lowest BCUT2D eigenvalue weighted by Crippen LogP contribution is -1.93. The first-order valence-electron chi connectivity index (χ1n) is 4.43. The second-order valence-corrected chi connectivity index (χ2v) is 3.67. The molecule has 0 aliphatic carbocycles. The van der Waals surface area contributed by atoms with Crippen molar-refractivity contribution in [2.24, 2.45) is 0 Å². The Bertz CT molecular complexity index is 62.8. The molecular formula is C9H21Cl3S. The molecule has 1 atom stereocenters. The molecule has 0 spiro atoms. The monoisotopic (exact) mass is 266 g/mol. The van der Waals surface area contributed by atoms with E-state index in [-0.39, 0.29) is 5.34 Å². The van der Waals surface area contributed by atoms with Crippen molar-refractivity contribution >= 4 is 47.4 Å². The fraction of sp³-hybridized carbons (Fsp3) is 1.00. The molecule has 4 heteroatoms. The lowest BCUT2D eigenvalue weighted by Gasteiger charge is -2.01. The van der Waals surface area contributed by atoms with Crippen molar-refractivity contribution in [3.63, 3.8) is 0 Å². The molecule has 0 fully saturated rings. The van der Waals surface area contributed by atoms with Gasteiger partial charge in [0.2, 0.25) is 0 Å². The molecule has 0 saturated heterocycles. The van der Waals surface area contributed by atoms with Gasteiger partial charge in [-0.15, -0.1) is 34.8 Å². The van der Waals surface area contributed by atoms with Gasteiger partial charge in [-0.05, 0) is 19.1 Å². The van der Waals surface area contributed by atoms with E-state index in [0.29, 0.717) is 5.38 Å². The van der Waals surface area contributed by atoms with Gasteiger partial charge in [0.15, 0.2) is 0 Å². The molecule has 0 nitrogen and oxygen atoms in total. The number of thiol groups is 1. The highest BCUT2D eigenvalue weighted by Crippen LogP contribution is 2.09. The zero-order chi connectivity index (χ0) is 11.1. The van der Waals surface area contributed by atoms with E-state index in [4.69, 9.17) is 34.8 Å². The summed E-state index contributed by atoms with van der Waals surface area (Å²) >= 11 is 18.9. The smallest absolute Gasteiger partial charge is 0.0967 e. The van der Waals surface area contributed by atoms with Crippen LogP contribution < -0.4 is 0 Å². The third-order valence-electron chi connectivity index (χ3n) is 1.31. The van der Waals surface area contributed by atoms with Crippen LogP contribution in [0.25, 0.3) is 0 Å². The van der Waals surface area contributed by atoms with E-state index >= 15 is 0 Å². The van der Waals surface area contributed by atoms with E-state index in [1.54, 1.807) is 6.26 Å². The highest BCUT2D eigenvalue weighted by molar-refractivity contribution is 7.79. The van der Waals surface area contributed by atoms with Gasteiger partial charge in [-0.2, -0.15) is 12.6 Å². The number of unbranched alkanes of at least 4 members (excludes halogenated alkanes) is 1. The zero-order valence-corrected chi connectivity index (χ0v) is 11.9. The number of hydrogen-bond donors (Lipinski definition) is 1. The van der Waals surface area contributed by atoms with Crippen LogP contribution >= 0.6 is 47.4 Å². The van der Waals surface area contributed by atoms with Crippen LogP contribution in [0, 0.1) is 0 Å². The molecule has 0 aliphatic rings. The van der Waals surface area contributed by atoms with Crippen molar-refractivity contribution in [2.75, 3.05) is 11.6 Å². The summed E-state index contributed by atoms with van der Waals surface area (Å²) in [6, 6.07) is 0. The molecule has 0 aromatic carbocycles.